The lowest BCUT2D eigenvalue weighted by atomic mass is 10.00. The van der Waals surface area contributed by atoms with Crippen LogP contribution in [0.25, 0.3) is 44.6 Å². The van der Waals surface area contributed by atoms with Crippen LogP contribution in [0.5, 0.6) is 0 Å². The molecular weight excluding hydrogens is 810 g/mol. The van der Waals surface area contributed by atoms with Crippen molar-refractivity contribution >= 4 is 95.8 Å². The third-order valence-corrected chi connectivity index (χ3v) is 9.56. The Balaban J connectivity index is 0.000000348. The molecular formula is C38H45Cl5N8O4. The van der Waals surface area contributed by atoms with Crippen LogP contribution in [-0.2, 0) is 13.1 Å². The second kappa shape index (κ2) is 21.9. The molecule has 6 aromatic heterocycles. The van der Waals surface area contributed by atoms with E-state index in [2.05, 4.69) is 64.2 Å². The Morgan fingerprint density at radius 2 is 1.00 bits per heavy atom. The maximum absolute atomic E-state index is 11.1. The lowest BCUT2D eigenvalue weighted by Crippen LogP contribution is -2.32. The van der Waals surface area contributed by atoms with Crippen molar-refractivity contribution in [2.24, 2.45) is 11.8 Å². The van der Waals surface area contributed by atoms with Crippen molar-refractivity contribution in [3.63, 3.8) is 0 Å². The Hall–Kier alpha value is -4.01. The van der Waals surface area contributed by atoms with Crippen molar-refractivity contribution in [3.8, 4) is 22.8 Å². The molecule has 12 nitrogen and oxygen atoms in total. The van der Waals surface area contributed by atoms with Crippen molar-refractivity contribution in [1.29, 1.82) is 0 Å². The Morgan fingerprint density at radius 3 is 1.36 bits per heavy atom. The number of hydrogen-bond donors (Lipinski definition) is 4. The van der Waals surface area contributed by atoms with Gasteiger partial charge in [0.2, 0.25) is 0 Å². The summed E-state index contributed by atoms with van der Waals surface area (Å²) in [5, 5.41) is 27.4. The Bertz CT molecular complexity index is 2000. The number of piperidine rings is 2. The summed E-state index contributed by atoms with van der Waals surface area (Å²) in [5.41, 5.74) is 5.16. The fourth-order valence-corrected chi connectivity index (χ4v) is 6.90. The predicted octanol–water partition coefficient (Wildman–Crippen LogP) is 7.70. The number of pyridine rings is 4. The summed E-state index contributed by atoms with van der Waals surface area (Å²) in [7, 11) is 0. The van der Waals surface area contributed by atoms with Crippen LogP contribution in [0.15, 0.2) is 85.7 Å². The minimum Gasteiger partial charge on any atom is -0.478 e. The normalized spacial score (nSPS) is 16.1. The molecule has 2 atom stereocenters. The molecule has 4 N–H and O–H groups in total. The molecule has 0 spiro atoms. The predicted molar refractivity (Wildman–Crippen MR) is 227 cm³/mol. The average molecular weight is 855 g/mol. The van der Waals surface area contributed by atoms with Gasteiger partial charge >= 0.3 is 11.9 Å². The lowest BCUT2D eigenvalue weighted by molar-refractivity contribution is 0.0686. The molecule has 8 heterocycles. The maximum Gasteiger partial charge on any atom is 0.335 e. The van der Waals surface area contributed by atoms with Crippen LogP contribution in [-0.4, -0.2) is 77.4 Å². The Kier molecular flexibility index (Phi) is 18.8. The first-order valence-corrected chi connectivity index (χ1v) is 17.1. The van der Waals surface area contributed by atoms with E-state index in [0.29, 0.717) is 34.6 Å². The van der Waals surface area contributed by atoms with Crippen LogP contribution >= 0.6 is 62.0 Å². The molecule has 2 fully saturated rings. The largest absolute Gasteiger partial charge is 0.478 e. The maximum atomic E-state index is 11.1. The van der Waals surface area contributed by atoms with E-state index in [1.54, 1.807) is 12.1 Å². The molecule has 0 radical (unpaired) electrons. The zero-order valence-corrected chi connectivity index (χ0v) is 33.8. The monoisotopic (exact) mass is 852 g/mol. The third-order valence-electron chi connectivity index (χ3n) is 9.56. The standard InChI is InChI=1S/2C19H20N4O2.5ClH/c2*24-19(25)15-3-6-21-16(9-15)17-8-14-4-7-23(18(14)11-22-17)12-13-2-1-5-20-10-13;;;;;/h2*3-4,6-9,11,13,20H,1-2,5,10,12H2,(H,24,25);5*1H. The second-order valence-electron chi connectivity index (χ2n) is 13.1. The van der Waals surface area contributed by atoms with E-state index in [1.165, 1.54) is 50.2 Å². The molecule has 55 heavy (non-hydrogen) atoms. The molecule has 17 heteroatoms. The number of nitrogens with zero attached hydrogens (tertiary/aromatic N) is 6. The van der Waals surface area contributed by atoms with Gasteiger partial charge in [0.1, 0.15) is 0 Å². The number of rotatable bonds is 8. The number of hydrogen-bond acceptors (Lipinski definition) is 8. The smallest absolute Gasteiger partial charge is 0.335 e. The highest BCUT2D eigenvalue weighted by atomic mass is 35.5. The van der Waals surface area contributed by atoms with E-state index >= 15 is 0 Å². The van der Waals surface area contributed by atoms with Gasteiger partial charge in [-0.15, -0.1) is 62.0 Å². The lowest BCUT2D eigenvalue weighted by Gasteiger charge is -2.23. The molecule has 2 aliphatic heterocycles. The number of halogens is 5. The minimum atomic E-state index is -0.961. The molecule has 2 unspecified atom stereocenters. The molecule has 2 aliphatic rings. The number of aromatic carboxylic acids is 2. The molecule has 0 aliphatic carbocycles. The summed E-state index contributed by atoms with van der Waals surface area (Å²) in [4.78, 5) is 39.8. The van der Waals surface area contributed by atoms with Gasteiger partial charge < -0.3 is 30.0 Å². The summed E-state index contributed by atoms with van der Waals surface area (Å²) in [5.74, 6) is -0.621. The Labute approximate surface area is 350 Å². The van der Waals surface area contributed by atoms with Crippen molar-refractivity contribution in [2.45, 2.75) is 38.8 Å². The molecule has 0 bridgehead atoms. The fourth-order valence-electron chi connectivity index (χ4n) is 6.90. The molecule has 0 aromatic carbocycles. The molecule has 296 valence electrons. The number of aromatic nitrogens is 6. The highest BCUT2D eigenvalue weighted by Crippen LogP contribution is 2.26. The van der Waals surface area contributed by atoms with E-state index in [9.17, 15) is 9.59 Å². The zero-order chi connectivity index (χ0) is 34.5. The topological polar surface area (TPSA) is 160 Å². The van der Waals surface area contributed by atoms with E-state index < -0.39 is 11.9 Å². The summed E-state index contributed by atoms with van der Waals surface area (Å²) in [6.07, 6.45) is 15.9. The van der Waals surface area contributed by atoms with E-state index in [4.69, 9.17) is 10.2 Å². The van der Waals surface area contributed by atoms with Crippen LogP contribution in [0.2, 0.25) is 0 Å². The van der Waals surface area contributed by atoms with Gasteiger partial charge in [-0.3, -0.25) is 19.9 Å². The number of carbonyl (C=O) groups is 2. The number of fused-ring (bicyclic) bond motifs is 2. The van der Waals surface area contributed by atoms with Crippen LogP contribution in [0, 0.1) is 11.8 Å². The van der Waals surface area contributed by atoms with Gasteiger partial charge in [0.25, 0.3) is 0 Å². The van der Waals surface area contributed by atoms with E-state index in [1.807, 2.05) is 24.5 Å². The minimum absolute atomic E-state index is 0. The van der Waals surface area contributed by atoms with Gasteiger partial charge in [0.05, 0.1) is 57.3 Å². The summed E-state index contributed by atoms with van der Waals surface area (Å²) >= 11 is 0. The van der Waals surface area contributed by atoms with Gasteiger partial charge in [-0.1, -0.05) is 0 Å². The van der Waals surface area contributed by atoms with Crippen molar-refractivity contribution in [1.82, 2.24) is 39.7 Å². The first-order valence-electron chi connectivity index (χ1n) is 17.1. The highest BCUT2D eigenvalue weighted by Gasteiger charge is 2.17. The van der Waals surface area contributed by atoms with Crippen LogP contribution < -0.4 is 10.6 Å². The second-order valence-corrected chi connectivity index (χ2v) is 13.1. The SMILES string of the molecule is Cl.Cl.Cl.Cl.Cl.O=C(O)c1ccnc(-c2cc3ccn(CC4CCCNC4)c3cn2)c1.O=C(O)c1ccnc(-c2cc3ccn(CC4CCCNC4)c3cn2)c1. The summed E-state index contributed by atoms with van der Waals surface area (Å²) in [6, 6.07) is 14.2. The number of carboxylic acid groups (broad SMARTS) is 2. The zero-order valence-electron chi connectivity index (χ0n) is 29.7. The van der Waals surface area contributed by atoms with Crippen molar-refractivity contribution < 1.29 is 19.8 Å². The van der Waals surface area contributed by atoms with Gasteiger partial charge in [-0.2, -0.15) is 0 Å². The molecule has 0 saturated carbocycles. The van der Waals surface area contributed by atoms with Crippen molar-refractivity contribution in [3.05, 3.63) is 96.8 Å². The van der Waals surface area contributed by atoms with Crippen LogP contribution in [0.4, 0.5) is 0 Å². The van der Waals surface area contributed by atoms with Gasteiger partial charge in [-0.05, 0) is 112 Å². The Morgan fingerprint density at radius 1 is 0.600 bits per heavy atom. The molecule has 2 saturated heterocycles. The third kappa shape index (κ3) is 11.5. The first-order chi connectivity index (χ1) is 24.4. The van der Waals surface area contributed by atoms with Crippen LogP contribution in [0.3, 0.4) is 0 Å². The summed E-state index contributed by atoms with van der Waals surface area (Å²) < 4.78 is 4.51. The van der Waals surface area contributed by atoms with E-state index in [-0.39, 0.29) is 73.2 Å². The fraction of sp³-hybridized carbons (Fsp3) is 0.316. The average Bonchev–Trinajstić information content (AvgIpc) is 3.75. The number of nitrogens with one attached hydrogen (secondary N) is 2. The highest BCUT2D eigenvalue weighted by molar-refractivity contribution is 5.90. The molecule has 0 amide bonds. The van der Waals surface area contributed by atoms with Crippen LogP contribution in [0.1, 0.15) is 46.4 Å². The summed E-state index contributed by atoms with van der Waals surface area (Å²) in [6.45, 7) is 6.36. The van der Waals surface area contributed by atoms with Gasteiger partial charge in [0, 0.05) is 48.6 Å². The molecule has 8 rings (SSSR count). The van der Waals surface area contributed by atoms with Gasteiger partial charge in [0.15, 0.2) is 0 Å². The quantitative estimate of drug-likeness (QED) is 0.120. The molecule has 6 aromatic rings. The number of carboxylic acids is 2. The van der Waals surface area contributed by atoms with Crippen molar-refractivity contribution in [2.75, 3.05) is 26.2 Å². The van der Waals surface area contributed by atoms with Gasteiger partial charge in [-0.25, -0.2) is 9.59 Å². The van der Waals surface area contributed by atoms with E-state index in [0.717, 1.165) is 61.1 Å². The first kappa shape index (κ1) is 47.1.